The van der Waals surface area contributed by atoms with E-state index in [4.69, 9.17) is 0 Å². The highest BCUT2D eigenvalue weighted by molar-refractivity contribution is 7.99. The van der Waals surface area contributed by atoms with Crippen molar-refractivity contribution in [1.82, 2.24) is 14.9 Å². The standard InChI is InChI=1S/C17H29N3OS/c1-11(2)12(3)18-16(21)10-22-17-19-13(4)14(5)20(17)15-8-6-7-9-15/h11-12,15H,6-10H2,1-5H3,(H,18,21)/t12-/m0/s1. The molecule has 0 aromatic carbocycles. The van der Waals surface area contributed by atoms with E-state index in [1.165, 1.54) is 31.4 Å². The van der Waals surface area contributed by atoms with Gasteiger partial charge in [-0.3, -0.25) is 4.79 Å². The molecule has 1 N–H and O–H groups in total. The predicted octanol–water partition coefficient (Wildman–Crippen LogP) is 3.87. The number of hydrogen-bond donors (Lipinski definition) is 1. The Hall–Kier alpha value is -0.970. The Morgan fingerprint density at radius 2 is 1.95 bits per heavy atom. The van der Waals surface area contributed by atoms with E-state index in [0.717, 1.165) is 10.9 Å². The number of hydrogen-bond acceptors (Lipinski definition) is 3. The number of amides is 1. The lowest BCUT2D eigenvalue weighted by Crippen LogP contribution is -2.37. The number of nitrogens with zero attached hydrogens (tertiary/aromatic N) is 2. The van der Waals surface area contributed by atoms with Crippen LogP contribution in [-0.4, -0.2) is 27.3 Å². The zero-order chi connectivity index (χ0) is 16.3. The van der Waals surface area contributed by atoms with Crippen molar-refractivity contribution in [2.24, 2.45) is 5.92 Å². The van der Waals surface area contributed by atoms with Crippen LogP contribution in [0.1, 0.15) is 63.9 Å². The maximum absolute atomic E-state index is 12.1. The third-order valence-electron chi connectivity index (χ3n) is 4.77. The maximum Gasteiger partial charge on any atom is 0.230 e. The third kappa shape index (κ3) is 4.06. The van der Waals surface area contributed by atoms with Gasteiger partial charge in [0.2, 0.25) is 5.91 Å². The summed E-state index contributed by atoms with van der Waals surface area (Å²) in [7, 11) is 0. The van der Waals surface area contributed by atoms with E-state index >= 15 is 0 Å². The Morgan fingerprint density at radius 3 is 2.55 bits per heavy atom. The van der Waals surface area contributed by atoms with Gasteiger partial charge in [-0.1, -0.05) is 38.5 Å². The van der Waals surface area contributed by atoms with E-state index in [-0.39, 0.29) is 11.9 Å². The summed E-state index contributed by atoms with van der Waals surface area (Å²) in [5.41, 5.74) is 2.34. The van der Waals surface area contributed by atoms with Gasteiger partial charge in [0.1, 0.15) is 0 Å². The number of aromatic nitrogens is 2. The van der Waals surface area contributed by atoms with Gasteiger partial charge in [-0.05, 0) is 39.5 Å². The summed E-state index contributed by atoms with van der Waals surface area (Å²) in [6.45, 7) is 10.5. The third-order valence-corrected chi connectivity index (χ3v) is 5.72. The topological polar surface area (TPSA) is 46.9 Å². The SMILES string of the molecule is Cc1nc(SCC(=O)N[C@@H](C)C(C)C)n(C2CCCC2)c1C. The monoisotopic (exact) mass is 323 g/mol. The number of thioether (sulfide) groups is 1. The number of carbonyl (C=O) groups is 1. The molecule has 1 atom stereocenters. The van der Waals surface area contributed by atoms with Crippen molar-refractivity contribution in [3.63, 3.8) is 0 Å². The second kappa shape index (κ2) is 7.53. The number of nitrogens with one attached hydrogen (secondary N) is 1. The van der Waals surface area contributed by atoms with Crippen LogP contribution in [0, 0.1) is 19.8 Å². The van der Waals surface area contributed by atoms with Gasteiger partial charge in [0, 0.05) is 17.8 Å². The van der Waals surface area contributed by atoms with Crippen LogP contribution in [0.2, 0.25) is 0 Å². The largest absolute Gasteiger partial charge is 0.353 e. The first-order valence-corrected chi connectivity index (χ1v) is 9.36. The second-order valence-corrected chi connectivity index (χ2v) is 7.70. The van der Waals surface area contributed by atoms with Crippen LogP contribution in [0.5, 0.6) is 0 Å². The molecule has 1 amide bonds. The average molecular weight is 324 g/mol. The molecular formula is C17H29N3OS. The normalized spacial score (nSPS) is 17.2. The zero-order valence-corrected chi connectivity index (χ0v) is 15.3. The minimum atomic E-state index is 0.0995. The van der Waals surface area contributed by atoms with Gasteiger partial charge in [-0.15, -0.1) is 0 Å². The summed E-state index contributed by atoms with van der Waals surface area (Å²) in [6, 6.07) is 0.785. The molecule has 5 heteroatoms. The molecule has 1 saturated carbocycles. The van der Waals surface area contributed by atoms with Crippen molar-refractivity contribution < 1.29 is 4.79 Å². The highest BCUT2D eigenvalue weighted by Gasteiger charge is 2.23. The molecule has 0 spiro atoms. The number of aryl methyl sites for hydroxylation is 1. The van der Waals surface area contributed by atoms with Gasteiger partial charge >= 0.3 is 0 Å². The molecule has 2 rings (SSSR count). The summed E-state index contributed by atoms with van der Waals surface area (Å²) < 4.78 is 2.37. The number of carbonyl (C=O) groups excluding carboxylic acids is 1. The van der Waals surface area contributed by atoms with Crippen molar-refractivity contribution in [2.45, 2.75) is 77.5 Å². The molecule has 22 heavy (non-hydrogen) atoms. The molecule has 124 valence electrons. The molecule has 1 aromatic heterocycles. The minimum Gasteiger partial charge on any atom is -0.353 e. The van der Waals surface area contributed by atoms with Gasteiger partial charge in [-0.25, -0.2) is 4.98 Å². The average Bonchev–Trinajstić information content (AvgIpc) is 3.06. The molecule has 0 aliphatic heterocycles. The Morgan fingerprint density at radius 1 is 1.32 bits per heavy atom. The Kier molecular flexibility index (Phi) is 5.95. The van der Waals surface area contributed by atoms with Crippen LogP contribution in [0.15, 0.2) is 5.16 Å². The van der Waals surface area contributed by atoms with E-state index in [1.54, 1.807) is 11.8 Å². The van der Waals surface area contributed by atoms with Crippen LogP contribution in [0.3, 0.4) is 0 Å². The molecule has 1 aliphatic rings. The fraction of sp³-hybridized carbons (Fsp3) is 0.765. The van der Waals surface area contributed by atoms with Gasteiger partial charge in [0.25, 0.3) is 0 Å². The van der Waals surface area contributed by atoms with E-state index in [1.807, 2.05) is 0 Å². The van der Waals surface area contributed by atoms with Crippen molar-refractivity contribution in [1.29, 1.82) is 0 Å². The molecule has 1 fully saturated rings. The lowest BCUT2D eigenvalue weighted by atomic mass is 10.1. The van der Waals surface area contributed by atoms with Gasteiger partial charge < -0.3 is 9.88 Å². The number of imidazole rings is 1. The maximum atomic E-state index is 12.1. The number of rotatable bonds is 6. The van der Waals surface area contributed by atoms with Crippen LogP contribution >= 0.6 is 11.8 Å². The molecule has 0 saturated heterocycles. The first-order valence-electron chi connectivity index (χ1n) is 8.37. The minimum absolute atomic E-state index is 0.0995. The molecule has 0 bridgehead atoms. The summed E-state index contributed by atoms with van der Waals surface area (Å²) in [6.07, 6.45) is 5.08. The van der Waals surface area contributed by atoms with Gasteiger partial charge in [0.15, 0.2) is 5.16 Å². The molecular weight excluding hydrogens is 294 g/mol. The van der Waals surface area contributed by atoms with Crippen LogP contribution in [0.4, 0.5) is 0 Å². The molecule has 0 unspecified atom stereocenters. The fourth-order valence-corrected chi connectivity index (χ4v) is 3.85. The Balaban J connectivity index is 2.00. The summed E-state index contributed by atoms with van der Waals surface area (Å²) in [5, 5.41) is 4.07. The first kappa shape index (κ1) is 17.4. The van der Waals surface area contributed by atoms with Crippen LogP contribution < -0.4 is 5.32 Å². The van der Waals surface area contributed by atoms with Gasteiger partial charge in [-0.2, -0.15) is 0 Å². The van der Waals surface area contributed by atoms with Crippen LogP contribution in [-0.2, 0) is 4.79 Å². The van der Waals surface area contributed by atoms with Crippen molar-refractivity contribution >= 4 is 17.7 Å². The predicted molar refractivity (Wildman–Crippen MR) is 92.4 cm³/mol. The molecule has 4 nitrogen and oxygen atoms in total. The summed E-state index contributed by atoms with van der Waals surface area (Å²) in [5.74, 6) is 1.00. The summed E-state index contributed by atoms with van der Waals surface area (Å²) >= 11 is 1.57. The van der Waals surface area contributed by atoms with Crippen LogP contribution in [0.25, 0.3) is 0 Å². The quantitative estimate of drug-likeness (QED) is 0.808. The van der Waals surface area contributed by atoms with Gasteiger partial charge in [0.05, 0.1) is 11.4 Å². The Bertz CT molecular complexity index is 518. The summed E-state index contributed by atoms with van der Waals surface area (Å²) in [4.78, 5) is 16.8. The lowest BCUT2D eigenvalue weighted by molar-refractivity contribution is -0.119. The van der Waals surface area contributed by atoms with E-state index in [2.05, 4.69) is 49.5 Å². The highest BCUT2D eigenvalue weighted by Crippen LogP contribution is 2.35. The van der Waals surface area contributed by atoms with Crippen molar-refractivity contribution in [3.8, 4) is 0 Å². The second-order valence-electron chi connectivity index (χ2n) is 6.76. The first-order chi connectivity index (χ1) is 10.4. The molecule has 1 aliphatic carbocycles. The van der Waals surface area contributed by atoms with Crippen molar-refractivity contribution in [3.05, 3.63) is 11.4 Å². The smallest absolute Gasteiger partial charge is 0.230 e. The molecule has 1 heterocycles. The van der Waals surface area contributed by atoms with E-state index in [0.29, 0.717) is 17.7 Å². The van der Waals surface area contributed by atoms with E-state index < -0.39 is 0 Å². The van der Waals surface area contributed by atoms with Crippen molar-refractivity contribution in [2.75, 3.05) is 5.75 Å². The zero-order valence-electron chi connectivity index (χ0n) is 14.5. The molecule has 0 radical (unpaired) electrons. The Labute approximate surface area is 138 Å². The lowest BCUT2D eigenvalue weighted by Gasteiger charge is -2.18. The molecule has 1 aromatic rings. The van der Waals surface area contributed by atoms with E-state index in [9.17, 15) is 4.79 Å². The fourth-order valence-electron chi connectivity index (χ4n) is 2.88. The highest BCUT2D eigenvalue weighted by atomic mass is 32.2.